The predicted octanol–water partition coefficient (Wildman–Crippen LogP) is 4.62. The second-order valence-electron chi connectivity index (χ2n) is 6.26. The third kappa shape index (κ3) is 3.12. The van der Waals surface area contributed by atoms with Crippen LogP contribution >= 0.6 is 0 Å². The minimum absolute atomic E-state index is 0.289. The first-order valence-electron chi connectivity index (χ1n) is 8.08. The molecule has 0 spiro atoms. The Hall–Kier alpha value is -1.38. The van der Waals surface area contributed by atoms with Gasteiger partial charge in [0.1, 0.15) is 0 Å². The monoisotopic (exact) mass is 281 g/mol. The number of fused-ring (bicyclic) bond motifs is 1. The minimum Gasteiger partial charge on any atom is -0.658 e. The molecule has 0 aliphatic carbocycles. The molecule has 2 nitrogen and oxygen atoms in total. The molecule has 1 aliphatic heterocycles. The van der Waals surface area contributed by atoms with Crippen LogP contribution in [0.2, 0.25) is 0 Å². The molecule has 112 valence electrons. The van der Waals surface area contributed by atoms with Crippen molar-refractivity contribution in [2.75, 3.05) is 26.7 Å². The zero-order valence-corrected chi connectivity index (χ0v) is 13.1. The van der Waals surface area contributed by atoms with Gasteiger partial charge in [0.25, 0.3) is 0 Å². The first-order chi connectivity index (χ1) is 10.3. The van der Waals surface area contributed by atoms with Crippen LogP contribution in [0.5, 0.6) is 0 Å². The molecule has 2 atom stereocenters. The summed E-state index contributed by atoms with van der Waals surface area (Å²) in [5.74, 6) is 0.555. The van der Waals surface area contributed by atoms with Gasteiger partial charge in [-0.2, -0.15) is 7.05 Å². The van der Waals surface area contributed by atoms with Crippen LogP contribution in [0.25, 0.3) is 16.1 Å². The zero-order valence-electron chi connectivity index (χ0n) is 13.1. The van der Waals surface area contributed by atoms with Crippen molar-refractivity contribution in [3.8, 4) is 0 Å². The summed E-state index contributed by atoms with van der Waals surface area (Å²) in [7, 11) is 1.97. The Morgan fingerprint density at radius 3 is 2.52 bits per heavy atom. The van der Waals surface area contributed by atoms with Crippen LogP contribution in [-0.2, 0) is 0 Å². The Morgan fingerprint density at radius 2 is 1.76 bits per heavy atom. The lowest BCUT2D eigenvalue weighted by Gasteiger charge is -2.37. The van der Waals surface area contributed by atoms with Gasteiger partial charge in [-0.05, 0) is 49.2 Å². The van der Waals surface area contributed by atoms with E-state index in [9.17, 15) is 0 Å². The molecule has 0 unspecified atom stereocenters. The summed E-state index contributed by atoms with van der Waals surface area (Å²) in [4.78, 5) is 2.59. The number of rotatable bonds is 5. The third-order valence-electron chi connectivity index (χ3n) is 4.70. The van der Waals surface area contributed by atoms with E-state index in [1.807, 2.05) is 7.05 Å². The highest BCUT2D eigenvalue weighted by Crippen LogP contribution is 2.34. The summed E-state index contributed by atoms with van der Waals surface area (Å²) in [6.07, 6.45) is 2.71. The van der Waals surface area contributed by atoms with Gasteiger partial charge in [-0.25, -0.2) is 0 Å². The third-order valence-corrected chi connectivity index (χ3v) is 4.70. The van der Waals surface area contributed by atoms with E-state index in [1.165, 1.54) is 42.3 Å². The lowest BCUT2D eigenvalue weighted by molar-refractivity contribution is 0.274. The Labute approximate surface area is 128 Å². The summed E-state index contributed by atoms with van der Waals surface area (Å²) < 4.78 is 0. The number of benzene rings is 2. The van der Waals surface area contributed by atoms with Gasteiger partial charge in [-0.15, -0.1) is 6.04 Å². The van der Waals surface area contributed by atoms with Crippen LogP contribution in [0.3, 0.4) is 0 Å². The maximum atomic E-state index is 4.72. The SMILES string of the molecule is C[N-][C@@H](c1cccc2ccccc12)[C@@H](C)CN1CCCC1. The van der Waals surface area contributed by atoms with Gasteiger partial charge in [0.05, 0.1) is 0 Å². The first kappa shape index (κ1) is 14.6. The van der Waals surface area contributed by atoms with E-state index in [0.29, 0.717) is 5.92 Å². The van der Waals surface area contributed by atoms with Crippen molar-refractivity contribution >= 4 is 10.8 Å². The maximum absolute atomic E-state index is 4.72. The fourth-order valence-electron chi connectivity index (χ4n) is 3.68. The van der Waals surface area contributed by atoms with Crippen LogP contribution in [0, 0.1) is 5.92 Å². The van der Waals surface area contributed by atoms with E-state index < -0.39 is 0 Å². The highest BCUT2D eigenvalue weighted by atomic mass is 15.1. The Kier molecular flexibility index (Phi) is 4.57. The standard InChI is InChI=1S/C19H25N2/c1-15(14-21-12-5-6-13-21)19(20-2)18-11-7-9-16-8-3-4-10-17(16)18/h3-4,7-11,15,19H,5-6,12-14H2,1-2H3/q-1/t15-,19+/m0/s1. The van der Waals surface area contributed by atoms with E-state index in [0.717, 1.165) is 6.54 Å². The molecule has 1 heterocycles. The molecule has 0 saturated carbocycles. The van der Waals surface area contributed by atoms with E-state index in [1.54, 1.807) is 0 Å². The van der Waals surface area contributed by atoms with Crippen molar-refractivity contribution in [2.45, 2.75) is 25.8 Å². The Balaban J connectivity index is 1.86. The molecule has 2 aromatic carbocycles. The summed E-state index contributed by atoms with van der Waals surface area (Å²) in [5, 5.41) is 7.39. The molecular formula is C19H25N2-. The van der Waals surface area contributed by atoms with Crippen molar-refractivity contribution in [1.29, 1.82) is 0 Å². The van der Waals surface area contributed by atoms with E-state index in [2.05, 4.69) is 54.3 Å². The molecule has 0 radical (unpaired) electrons. The average Bonchev–Trinajstić information content (AvgIpc) is 3.01. The topological polar surface area (TPSA) is 17.3 Å². The van der Waals surface area contributed by atoms with Crippen molar-refractivity contribution in [1.82, 2.24) is 4.90 Å². The zero-order chi connectivity index (χ0) is 14.7. The lowest BCUT2D eigenvalue weighted by Crippen LogP contribution is -2.28. The Bertz CT molecular complexity index is 582. The van der Waals surface area contributed by atoms with Gasteiger partial charge >= 0.3 is 0 Å². The van der Waals surface area contributed by atoms with Crippen LogP contribution in [0.15, 0.2) is 42.5 Å². The molecule has 2 heteroatoms. The molecule has 21 heavy (non-hydrogen) atoms. The van der Waals surface area contributed by atoms with Gasteiger partial charge in [-0.3, -0.25) is 0 Å². The molecule has 0 bridgehead atoms. The Morgan fingerprint density at radius 1 is 1.05 bits per heavy atom. The van der Waals surface area contributed by atoms with Crippen molar-refractivity contribution < 1.29 is 0 Å². The minimum atomic E-state index is 0.289. The van der Waals surface area contributed by atoms with Crippen molar-refractivity contribution in [3.63, 3.8) is 0 Å². The highest BCUT2D eigenvalue weighted by Gasteiger charge is 2.18. The van der Waals surface area contributed by atoms with E-state index in [4.69, 9.17) is 5.32 Å². The normalized spacial score (nSPS) is 19.0. The quantitative estimate of drug-likeness (QED) is 0.782. The second kappa shape index (κ2) is 6.59. The number of hydrogen-bond acceptors (Lipinski definition) is 1. The van der Waals surface area contributed by atoms with Crippen molar-refractivity contribution in [3.05, 3.63) is 53.3 Å². The van der Waals surface area contributed by atoms with Crippen LogP contribution in [0.4, 0.5) is 0 Å². The van der Waals surface area contributed by atoms with Gasteiger partial charge in [0.2, 0.25) is 0 Å². The second-order valence-corrected chi connectivity index (χ2v) is 6.26. The smallest absolute Gasteiger partial charge is 0.000382 e. The summed E-state index contributed by atoms with van der Waals surface area (Å²) in [5.41, 5.74) is 1.38. The fraction of sp³-hybridized carbons (Fsp3) is 0.474. The molecule has 3 rings (SSSR count). The van der Waals surface area contributed by atoms with Gasteiger partial charge in [0, 0.05) is 0 Å². The number of hydrogen-bond donors (Lipinski definition) is 0. The van der Waals surface area contributed by atoms with Gasteiger partial charge in [0.15, 0.2) is 0 Å². The summed E-state index contributed by atoms with van der Waals surface area (Å²) in [6.45, 7) is 6.02. The lowest BCUT2D eigenvalue weighted by atomic mass is 9.90. The molecule has 1 saturated heterocycles. The number of likely N-dealkylation sites (tertiary alicyclic amines) is 1. The molecule has 1 fully saturated rings. The van der Waals surface area contributed by atoms with Crippen LogP contribution in [-0.4, -0.2) is 31.6 Å². The summed E-state index contributed by atoms with van der Waals surface area (Å²) >= 11 is 0. The molecular weight excluding hydrogens is 256 g/mol. The van der Waals surface area contributed by atoms with E-state index >= 15 is 0 Å². The molecule has 0 N–H and O–H groups in total. The largest absolute Gasteiger partial charge is 0.658 e. The van der Waals surface area contributed by atoms with Crippen LogP contribution in [0.1, 0.15) is 31.4 Å². The highest BCUT2D eigenvalue weighted by molar-refractivity contribution is 5.86. The first-order valence-corrected chi connectivity index (χ1v) is 8.08. The van der Waals surface area contributed by atoms with Crippen molar-refractivity contribution in [2.24, 2.45) is 5.92 Å². The average molecular weight is 281 g/mol. The number of nitrogens with zero attached hydrogens (tertiary/aromatic N) is 2. The molecule has 1 aliphatic rings. The van der Waals surface area contributed by atoms with Gasteiger partial charge in [-0.1, -0.05) is 55.0 Å². The predicted molar refractivity (Wildman–Crippen MR) is 90.8 cm³/mol. The molecule has 2 aromatic rings. The van der Waals surface area contributed by atoms with Crippen LogP contribution < -0.4 is 0 Å². The fourth-order valence-corrected chi connectivity index (χ4v) is 3.68. The maximum Gasteiger partial charge on any atom is -0.000382 e. The summed E-state index contributed by atoms with van der Waals surface area (Å²) in [6, 6.07) is 15.6. The van der Waals surface area contributed by atoms with Gasteiger partial charge < -0.3 is 10.2 Å². The molecule has 0 amide bonds. The molecule has 0 aromatic heterocycles. The van der Waals surface area contributed by atoms with E-state index in [-0.39, 0.29) is 6.04 Å².